The van der Waals surface area contributed by atoms with E-state index in [1.807, 2.05) is 0 Å². The predicted octanol–water partition coefficient (Wildman–Crippen LogP) is 6.32. The van der Waals surface area contributed by atoms with E-state index < -0.39 is 0 Å². The summed E-state index contributed by atoms with van der Waals surface area (Å²) in [7, 11) is 0. The lowest BCUT2D eigenvalue weighted by Crippen LogP contribution is -2.35. The van der Waals surface area contributed by atoms with E-state index in [4.69, 9.17) is 0 Å². The maximum absolute atomic E-state index is 3.92. The van der Waals surface area contributed by atoms with Crippen LogP contribution in [0.4, 0.5) is 0 Å². The van der Waals surface area contributed by atoms with Gasteiger partial charge in [-0.15, -0.1) is 0 Å². The van der Waals surface area contributed by atoms with Gasteiger partial charge >= 0.3 is 0 Å². The van der Waals surface area contributed by atoms with Gasteiger partial charge in [0.2, 0.25) is 0 Å². The summed E-state index contributed by atoms with van der Waals surface area (Å²) >= 11 is 7.74. The van der Waals surface area contributed by atoms with E-state index in [1.54, 1.807) is 0 Å². The Bertz CT molecular complexity index is 266. The van der Waals surface area contributed by atoms with Crippen LogP contribution in [0, 0.1) is 0 Å². The van der Waals surface area contributed by atoms with E-state index in [0.717, 1.165) is 18.3 Å². The SMILES string of the molecule is CCCC/C(Br)=C(\Br)B1C2CCCC1CCC2. The van der Waals surface area contributed by atoms with Gasteiger partial charge in [-0.1, -0.05) is 95.4 Å². The molecule has 2 bridgehead atoms. The molecule has 0 N–H and O–H groups in total. The standard InChI is InChI=1S/C14H23BBr2/c1-2-3-10-13(16)14(17)15-11-6-4-7-12(15)9-5-8-11/h11-12H,2-10H2,1H3/b14-13+. The Kier molecular flexibility index (Phi) is 5.67. The second-order valence-corrected chi connectivity index (χ2v) is 7.58. The normalized spacial score (nSPS) is 30.2. The van der Waals surface area contributed by atoms with Gasteiger partial charge in [0.1, 0.15) is 0 Å². The van der Waals surface area contributed by atoms with Crippen LogP contribution in [-0.2, 0) is 0 Å². The lowest BCUT2D eigenvalue weighted by atomic mass is 9.27. The van der Waals surface area contributed by atoms with Crippen LogP contribution in [0.15, 0.2) is 8.86 Å². The van der Waals surface area contributed by atoms with Gasteiger partial charge in [0.25, 0.3) is 0 Å². The fourth-order valence-corrected chi connectivity index (χ4v) is 5.21. The number of fused-ring (bicyclic) bond motifs is 2. The van der Waals surface area contributed by atoms with Gasteiger partial charge in [0, 0.05) is 0 Å². The summed E-state index contributed by atoms with van der Waals surface area (Å²) in [6.07, 6.45) is 12.6. The summed E-state index contributed by atoms with van der Waals surface area (Å²) in [5.41, 5.74) is 0. The number of halogens is 2. The van der Waals surface area contributed by atoms with Crippen molar-refractivity contribution in [2.24, 2.45) is 0 Å². The van der Waals surface area contributed by atoms with E-state index in [0.29, 0.717) is 0 Å². The smallest absolute Gasteiger partial charge is 0.0656 e. The molecular weight excluding hydrogens is 339 g/mol. The van der Waals surface area contributed by atoms with Crippen LogP contribution in [0.5, 0.6) is 0 Å². The van der Waals surface area contributed by atoms with Crippen molar-refractivity contribution in [3.05, 3.63) is 8.86 Å². The topological polar surface area (TPSA) is 0 Å². The highest BCUT2D eigenvalue weighted by molar-refractivity contribution is 9.14. The van der Waals surface area contributed by atoms with Gasteiger partial charge < -0.3 is 0 Å². The number of allylic oxidation sites excluding steroid dienone is 1. The lowest BCUT2D eigenvalue weighted by Gasteiger charge is -2.40. The zero-order chi connectivity index (χ0) is 12.3. The molecule has 2 aliphatic heterocycles. The van der Waals surface area contributed by atoms with Crippen LogP contribution < -0.4 is 0 Å². The van der Waals surface area contributed by atoms with Crippen molar-refractivity contribution in [2.45, 2.75) is 76.3 Å². The molecule has 3 heteroatoms. The van der Waals surface area contributed by atoms with Crippen LogP contribution in [0.3, 0.4) is 0 Å². The minimum absolute atomic E-state index is 0.837. The zero-order valence-electron chi connectivity index (χ0n) is 10.9. The molecule has 0 amide bonds. The summed E-state index contributed by atoms with van der Waals surface area (Å²) in [6.45, 7) is 3.10. The maximum atomic E-state index is 3.92. The largest absolute Gasteiger partial charge is 0.192 e. The zero-order valence-corrected chi connectivity index (χ0v) is 14.0. The molecule has 2 saturated heterocycles. The molecule has 2 fully saturated rings. The third kappa shape index (κ3) is 3.40. The first kappa shape index (κ1) is 14.2. The number of unbranched alkanes of at least 4 members (excludes halogenated alkanes) is 1. The maximum Gasteiger partial charge on any atom is 0.192 e. The predicted molar refractivity (Wildman–Crippen MR) is 85.4 cm³/mol. The number of hydrogen-bond acceptors (Lipinski definition) is 0. The van der Waals surface area contributed by atoms with Crippen molar-refractivity contribution < 1.29 is 0 Å². The highest BCUT2D eigenvalue weighted by Gasteiger charge is 2.41. The fraction of sp³-hybridized carbons (Fsp3) is 0.857. The van der Waals surface area contributed by atoms with E-state index in [1.165, 1.54) is 66.7 Å². The minimum atomic E-state index is 0.837. The molecule has 0 spiro atoms. The summed E-state index contributed by atoms with van der Waals surface area (Å²) in [4.78, 5) is 0. The third-order valence-corrected chi connectivity index (χ3v) is 6.98. The first-order chi connectivity index (χ1) is 8.24. The lowest BCUT2D eigenvalue weighted by molar-refractivity contribution is 0.447. The Balaban J connectivity index is 2.08. The molecule has 0 unspecified atom stereocenters. The van der Waals surface area contributed by atoms with E-state index in [2.05, 4.69) is 38.8 Å². The fourth-order valence-electron chi connectivity index (χ4n) is 3.72. The Morgan fingerprint density at radius 1 is 1.06 bits per heavy atom. The highest BCUT2D eigenvalue weighted by Crippen LogP contribution is 2.50. The first-order valence-electron chi connectivity index (χ1n) is 7.28. The second-order valence-electron chi connectivity index (χ2n) is 5.76. The van der Waals surface area contributed by atoms with Crippen molar-refractivity contribution in [3.8, 4) is 0 Å². The van der Waals surface area contributed by atoms with Crippen molar-refractivity contribution in [2.75, 3.05) is 0 Å². The quantitative estimate of drug-likeness (QED) is 0.514. The molecule has 96 valence electrons. The van der Waals surface area contributed by atoms with Crippen molar-refractivity contribution in [1.29, 1.82) is 0 Å². The number of hydrogen-bond donors (Lipinski definition) is 0. The second kappa shape index (κ2) is 6.79. The van der Waals surface area contributed by atoms with Crippen molar-refractivity contribution in [1.82, 2.24) is 0 Å². The van der Waals surface area contributed by atoms with Crippen LogP contribution in [0.2, 0.25) is 11.6 Å². The van der Waals surface area contributed by atoms with Crippen LogP contribution in [0.1, 0.15) is 64.7 Å². The van der Waals surface area contributed by atoms with E-state index >= 15 is 0 Å². The molecule has 0 saturated carbocycles. The molecule has 0 aromatic rings. The molecule has 17 heavy (non-hydrogen) atoms. The Morgan fingerprint density at radius 3 is 2.06 bits per heavy atom. The number of rotatable bonds is 4. The van der Waals surface area contributed by atoms with Gasteiger partial charge in [-0.05, 0) is 21.7 Å². The molecule has 2 heterocycles. The summed E-state index contributed by atoms with van der Waals surface area (Å²) in [5, 5.41) is 0. The Morgan fingerprint density at radius 2 is 1.59 bits per heavy atom. The highest BCUT2D eigenvalue weighted by atomic mass is 79.9. The monoisotopic (exact) mass is 360 g/mol. The van der Waals surface area contributed by atoms with Gasteiger partial charge in [0.15, 0.2) is 6.71 Å². The summed E-state index contributed by atoms with van der Waals surface area (Å²) in [5.74, 6) is 1.93. The Labute approximate surface area is 123 Å². The third-order valence-electron chi connectivity index (χ3n) is 4.62. The molecular formula is C14H23BBr2. The van der Waals surface area contributed by atoms with Crippen LogP contribution in [-0.4, -0.2) is 6.71 Å². The summed E-state index contributed by atoms with van der Waals surface area (Å²) < 4.78 is 2.96. The molecule has 0 aliphatic carbocycles. The Hall–Kier alpha value is 0.765. The summed E-state index contributed by atoms with van der Waals surface area (Å²) in [6, 6.07) is 0. The van der Waals surface area contributed by atoms with Crippen molar-refractivity contribution in [3.63, 3.8) is 0 Å². The van der Waals surface area contributed by atoms with Crippen LogP contribution in [0.25, 0.3) is 0 Å². The molecule has 0 nitrogen and oxygen atoms in total. The first-order valence-corrected chi connectivity index (χ1v) is 8.86. The van der Waals surface area contributed by atoms with Gasteiger partial charge in [-0.2, -0.15) is 0 Å². The molecule has 0 radical (unpaired) electrons. The van der Waals surface area contributed by atoms with E-state index in [9.17, 15) is 0 Å². The average molecular weight is 362 g/mol. The van der Waals surface area contributed by atoms with Gasteiger partial charge in [-0.25, -0.2) is 0 Å². The van der Waals surface area contributed by atoms with Gasteiger partial charge in [-0.3, -0.25) is 0 Å². The molecule has 2 rings (SSSR count). The van der Waals surface area contributed by atoms with Crippen LogP contribution >= 0.6 is 31.9 Å². The molecule has 2 aliphatic rings. The van der Waals surface area contributed by atoms with Gasteiger partial charge in [0.05, 0.1) is 0 Å². The molecule has 0 atom stereocenters. The van der Waals surface area contributed by atoms with Crippen molar-refractivity contribution >= 4 is 38.6 Å². The average Bonchev–Trinajstić information content (AvgIpc) is 2.34. The molecule has 0 aromatic heterocycles. The minimum Gasteiger partial charge on any atom is -0.0656 e. The molecule has 0 aromatic carbocycles. The van der Waals surface area contributed by atoms with E-state index in [-0.39, 0.29) is 0 Å².